The zero-order chi connectivity index (χ0) is 20.6. The fourth-order valence-corrected chi connectivity index (χ4v) is 3.10. The van der Waals surface area contributed by atoms with Crippen LogP contribution in [0, 0.1) is 0 Å². The number of hydrogen-bond acceptors (Lipinski definition) is 3. The molecule has 0 atom stereocenters. The smallest absolute Gasteiger partial charge is 0.255 e. The second-order valence-electron chi connectivity index (χ2n) is 6.35. The Morgan fingerprint density at radius 1 is 0.828 bits per heavy atom. The molecule has 0 aliphatic rings. The summed E-state index contributed by atoms with van der Waals surface area (Å²) in [5.74, 6) is 0.299. The van der Waals surface area contributed by atoms with Crippen LogP contribution in [0.2, 0.25) is 0 Å². The number of halogens is 1. The molecule has 0 aliphatic heterocycles. The summed E-state index contributed by atoms with van der Waals surface area (Å²) in [4.78, 5) is 24.7. The molecule has 0 unspecified atom stereocenters. The maximum absolute atomic E-state index is 12.5. The van der Waals surface area contributed by atoms with E-state index in [-0.39, 0.29) is 11.8 Å². The van der Waals surface area contributed by atoms with E-state index in [2.05, 4.69) is 26.6 Å². The monoisotopic (exact) mass is 452 g/mol. The number of amides is 2. The third-order valence-electron chi connectivity index (χ3n) is 4.09. The number of nitrogens with one attached hydrogen (secondary N) is 2. The van der Waals surface area contributed by atoms with Gasteiger partial charge in [0.25, 0.3) is 11.8 Å². The summed E-state index contributed by atoms with van der Waals surface area (Å²) in [6.45, 7) is 2.66. The molecule has 0 saturated heterocycles. The molecule has 3 aromatic rings. The highest BCUT2D eigenvalue weighted by Crippen LogP contribution is 2.26. The predicted molar refractivity (Wildman–Crippen MR) is 119 cm³/mol. The fraction of sp³-hybridized carbons (Fsp3) is 0.130. The molecule has 2 N–H and O–H groups in total. The van der Waals surface area contributed by atoms with Crippen LogP contribution < -0.4 is 15.4 Å². The van der Waals surface area contributed by atoms with Crippen LogP contribution in [0.1, 0.15) is 34.1 Å². The third kappa shape index (κ3) is 5.68. The number of ether oxygens (including phenoxy) is 1. The van der Waals surface area contributed by atoms with Gasteiger partial charge < -0.3 is 15.4 Å². The van der Waals surface area contributed by atoms with Crippen LogP contribution >= 0.6 is 15.9 Å². The second-order valence-corrected chi connectivity index (χ2v) is 7.20. The van der Waals surface area contributed by atoms with Gasteiger partial charge in [0.2, 0.25) is 0 Å². The Morgan fingerprint density at radius 2 is 1.41 bits per heavy atom. The number of carbonyl (C=O) groups excluding carboxylic acids is 2. The molecule has 2 amide bonds. The zero-order valence-corrected chi connectivity index (χ0v) is 17.5. The molecule has 0 radical (unpaired) electrons. The summed E-state index contributed by atoms with van der Waals surface area (Å²) >= 11 is 3.44. The van der Waals surface area contributed by atoms with Crippen LogP contribution in [0.4, 0.5) is 11.4 Å². The summed E-state index contributed by atoms with van der Waals surface area (Å²) in [6, 6.07) is 21.2. The lowest BCUT2D eigenvalue weighted by Gasteiger charge is -2.10. The lowest BCUT2D eigenvalue weighted by Crippen LogP contribution is -2.13. The molecule has 148 valence electrons. The van der Waals surface area contributed by atoms with Crippen molar-refractivity contribution in [2.45, 2.75) is 13.3 Å². The standard InChI is InChI=1S/C23H21BrN2O3/c1-2-14-29-21-13-8-17(15-20(21)24)23(28)26-19-11-9-18(10-12-19)25-22(27)16-6-4-3-5-7-16/h3-13,15H,2,14H2,1H3,(H,25,27)(H,26,28). The fourth-order valence-electron chi connectivity index (χ4n) is 2.60. The molecule has 0 aromatic heterocycles. The summed E-state index contributed by atoms with van der Waals surface area (Å²) in [5, 5.41) is 5.68. The van der Waals surface area contributed by atoms with Gasteiger partial charge in [-0.3, -0.25) is 9.59 Å². The third-order valence-corrected chi connectivity index (χ3v) is 4.71. The highest BCUT2D eigenvalue weighted by Gasteiger charge is 2.10. The minimum atomic E-state index is -0.228. The largest absolute Gasteiger partial charge is 0.492 e. The van der Waals surface area contributed by atoms with Crippen molar-refractivity contribution in [1.82, 2.24) is 0 Å². The topological polar surface area (TPSA) is 67.4 Å². The van der Waals surface area contributed by atoms with Gasteiger partial charge in [-0.2, -0.15) is 0 Å². The van der Waals surface area contributed by atoms with Crippen molar-refractivity contribution in [3.05, 3.63) is 88.4 Å². The lowest BCUT2D eigenvalue weighted by atomic mass is 10.2. The molecule has 29 heavy (non-hydrogen) atoms. The number of rotatable bonds is 7. The van der Waals surface area contributed by atoms with Gasteiger partial charge in [0.05, 0.1) is 11.1 Å². The van der Waals surface area contributed by atoms with Crippen LogP contribution in [0.5, 0.6) is 5.75 Å². The van der Waals surface area contributed by atoms with Crippen LogP contribution in [0.25, 0.3) is 0 Å². The van der Waals surface area contributed by atoms with E-state index in [0.29, 0.717) is 34.9 Å². The summed E-state index contributed by atoms with van der Waals surface area (Å²) in [5.41, 5.74) is 2.39. The first-order valence-electron chi connectivity index (χ1n) is 9.27. The van der Waals surface area contributed by atoms with Gasteiger partial charge in [-0.1, -0.05) is 25.1 Å². The molecule has 5 nitrogen and oxygen atoms in total. The van der Waals surface area contributed by atoms with Crippen LogP contribution in [0.15, 0.2) is 77.3 Å². The maximum atomic E-state index is 12.5. The van der Waals surface area contributed by atoms with E-state index in [9.17, 15) is 9.59 Å². The molecule has 3 aromatic carbocycles. The van der Waals surface area contributed by atoms with E-state index in [1.807, 2.05) is 25.1 Å². The predicted octanol–water partition coefficient (Wildman–Crippen LogP) is 5.74. The van der Waals surface area contributed by atoms with Crippen molar-refractivity contribution < 1.29 is 14.3 Å². The van der Waals surface area contributed by atoms with Crippen LogP contribution in [-0.2, 0) is 0 Å². The first-order valence-corrected chi connectivity index (χ1v) is 10.1. The van der Waals surface area contributed by atoms with Crippen molar-refractivity contribution in [2.24, 2.45) is 0 Å². The van der Waals surface area contributed by atoms with Gasteiger partial charge in [0.1, 0.15) is 5.75 Å². The quantitative estimate of drug-likeness (QED) is 0.479. The Kier molecular flexibility index (Phi) is 7.03. The molecule has 3 rings (SSSR count). The molecule has 6 heteroatoms. The highest BCUT2D eigenvalue weighted by atomic mass is 79.9. The van der Waals surface area contributed by atoms with Gasteiger partial charge >= 0.3 is 0 Å². The maximum Gasteiger partial charge on any atom is 0.255 e. The van der Waals surface area contributed by atoms with Gasteiger partial charge in [0.15, 0.2) is 0 Å². The number of hydrogen-bond donors (Lipinski definition) is 2. The van der Waals surface area contributed by atoms with Gasteiger partial charge in [-0.15, -0.1) is 0 Å². The van der Waals surface area contributed by atoms with Gasteiger partial charge in [-0.25, -0.2) is 0 Å². The second kappa shape index (κ2) is 9.89. The minimum absolute atomic E-state index is 0.183. The molecule has 0 spiro atoms. The molecule has 0 heterocycles. The first-order chi connectivity index (χ1) is 14.1. The Labute approximate surface area is 178 Å². The Balaban J connectivity index is 1.61. The molecule has 0 saturated carbocycles. The average Bonchev–Trinajstić information content (AvgIpc) is 2.74. The Hall–Kier alpha value is -3.12. The number of anilines is 2. The summed E-state index contributed by atoms with van der Waals surface area (Å²) in [7, 11) is 0. The van der Waals surface area contributed by atoms with E-state index in [1.54, 1.807) is 54.6 Å². The van der Waals surface area contributed by atoms with E-state index in [1.165, 1.54) is 0 Å². The summed E-state index contributed by atoms with van der Waals surface area (Å²) < 4.78 is 6.34. The Morgan fingerprint density at radius 3 is 1.97 bits per heavy atom. The molecule has 0 bridgehead atoms. The minimum Gasteiger partial charge on any atom is -0.492 e. The average molecular weight is 453 g/mol. The zero-order valence-electron chi connectivity index (χ0n) is 15.9. The van der Waals surface area contributed by atoms with E-state index in [4.69, 9.17) is 4.74 Å². The number of carbonyl (C=O) groups is 2. The normalized spacial score (nSPS) is 10.3. The van der Waals surface area contributed by atoms with E-state index < -0.39 is 0 Å². The number of benzene rings is 3. The van der Waals surface area contributed by atoms with Crippen molar-refractivity contribution in [3.8, 4) is 5.75 Å². The van der Waals surface area contributed by atoms with Gasteiger partial charge in [0, 0.05) is 22.5 Å². The van der Waals surface area contributed by atoms with Crippen molar-refractivity contribution in [2.75, 3.05) is 17.2 Å². The van der Waals surface area contributed by atoms with E-state index in [0.717, 1.165) is 10.9 Å². The highest BCUT2D eigenvalue weighted by molar-refractivity contribution is 9.10. The van der Waals surface area contributed by atoms with Crippen molar-refractivity contribution in [1.29, 1.82) is 0 Å². The lowest BCUT2D eigenvalue weighted by molar-refractivity contribution is 0.101. The van der Waals surface area contributed by atoms with Gasteiger partial charge in [-0.05, 0) is 76.9 Å². The van der Waals surface area contributed by atoms with Crippen LogP contribution in [0.3, 0.4) is 0 Å². The Bertz CT molecular complexity index is 989. The van der Waals surface area contributed by atoms with Crippen molar-refractivity contribution in [3.63, 3.8) is 0 Å². The van der Waals surface area contributed by atoms with Crippen LogP contribution in [-0.4, -0.2) is 18.4 Å². The van der Waals surface area contributed by atoms with E-state index >= 15 is 0 Å². The van der Waals surface area contributed by atoms with Crippen molar-refractivity contribution >= 4 is 39.1 Å². The molecular formula is C23H21BrN2O3. The summed E-state index contributed by atoms with van der Waals surface area (Å²) in [6.07, 6.45) is 0.913. The molecule has 0 fully saturated rings. The first kappa shape index (κ1) is 20.6. The SMILES string of the molecule is CCCOc1ccc(C(=O)Nc2ccc(NC(=O)c3ccccc3)cc2)cc1Br. The molecular weight excluding hydrogens is 432 g/mol. The molecule has 0 aliphatic carbocycles.